The van der Waals surface area contributed by atoms with Crippen LogP contribution in [0.3, 0.4) is 0 Å². The van der Waals surface area contributed by atoms with Gasteiger partial charge in [0.1, 0.15) is 5.58 Å². The van der Waals surface area contributed by atoms with E-state index in [-0.39, 0.29) is 23.6 Å². The Kier molecular flexibility index (Phi) is 5.04. The zero-order valence-corrected chi connectivity index (χ0v) is 16.0. The van der Waals surface area contributed by atoms with E-state index in [1.54, 1.807) is 12.3 Å². The van der Waals surface area contributed by atoms with Gasteiger partial charge in [-0.2, -0.15) is 5.10 Å². The Hall–Kier alpha value is -2.87. The fourth-order valence-corrected chi connectivity index (χ4v) is 3.72. The van der Waals surface area contributed by atoms with Crippen molar-refractivity contribution < 1.29 is 14.0 Å². The third-order valence-electron chi connectivity index (χ3n) is 5.04. The van der Waals surface area contributed by atoms with Crippen molar-refractivity contribution in [1.29, 1.82) is 0 Å². The molecule has 0 bridgehead atoms. The van der Waals surface area contributed by atoms with Crippen molar-refractivity contribution in [3.05, 3.63) is 30.2 Å². The highest BCUT2D eigenvalue weighted by Crippen LogP contribution is 2.28. The monoisotopic (exact) mass is 383 g/mol. The molecule has 2 aromatic heterocycles. The number of benzene rings is 1. The Balaban J connectivity index is 1.46. The Bertz CT molecular complexity index is 1020. The van der Waals surface area contributed by atoms with Gasteiger partial charge in [-0.15, -0.1) is 0 Å². The minimum atomic E-state index is -0.254. The van der Waals surface area contributed by atoms with Gasteiger partial charge in [-0.25, -0.2) is 0 Å². The quantitative estimate of drug-likeness (QED) is 0.606. The number of rotatable bonds is 7. The number of hydrogen-bond acceptors (Lipinski definition) is 5. The highest BCUT2D eigenvalue weighted by molar-refractivity contribution is 6.06. The second kappa shape index (κ2) is 7.63. The molecule has 3 N–H and O–H groups in total. The summed E-state index contributed by atoms with van der Waals surface area (Å²) in [7, 11) is 0. The SMILES string of the molecule is C[C@H](N)Cn1ncc2ccc3oc(C(=O)NCCCN4CCCC4=O)cc3c21. The summed E-state index contributed by atoms with van der Waals surface area (Å²) in [5, 5.41) is 9.11. The minimum Gasteiger partial charge on any atom is -0.451 e. The molecule has 1 aliphatic heterocycles. The number of carbonyl (C=O) groups is 2. The molecule has 1 saturated heterocycles. The van der Waals surface area contributed by atoms with Crippen molar-refractivity contribution in [2.45, 2.75) is 38.8 Å². The molecular weight excluding hydrogens is 358 g/mol. The highest BCUT2D eigenvalue weighted by atomic mass is 16.3. The number of nitrogens with one attached hydrogen (secondary N) is 1. The van der Waals surface area contributed by atoms with Gasteiger partial charge in [-0.1, -0.05) is 0 Å². The molecule has 0 radical (unpaired) electrons. The lowest BCUT2D eigenvalue weighted by Crippen LogP contribution is -2.30. The van der Waals surface area contributed by atoms with Crippen LogP contribution in [0.15, 0.2) is 28.8 Å². The number of aromatic nitrogens is 2. The van der Waals surface area contributed by atoms with Gasteiger partial charge in [0.25, 0.3) is 5.91 Å². The molecule has 2 amide bonds. The lowest BCUT2D eigenvalue weighted by molar-refractivity contribution is -0.127. The smallest absolute Gasteiger partial charge is 0.287 e. The van der Waals surface area contributed by atoms with Crippen molar-refractivity contribution in [1.82, 2.24) is 20.0 Å². The normalized spacial score (nSPS) is 15.6. The number of nitrogens with two attached hydrogens (primary N) is 1. The molecule has 0 unspecified atom stereocenters. The largest absolute Gasteiger partial charge is 0.451 e. The Morgan fingerprint density at radius 3 is 3.04 bits per heavy atom. The first-order chi connectivity index (χ1) is 13.5. The van der Waals surface area contributed by atoms with E-state index in [4.69, 9.17) is 10.2 Å². The van der Waals surface area contributed by atoms with E-state index in [1.165, 1.54) is 0 Å². The van der Waals surface area contributed by atoms with Crippen LogP contribution in [0.4, 0.5) is 0 Å². The molecule has 3 aromatic rings. The van der Waals surface area contributed by atoms with Crippen molar-refractivity contribution in [3.8, 4) is 0 Å². The summed E-state index contributed by atoms with van der Waals surface area (Å²) < 4.78 is 7.62. The van der Waals surface area contributed by atoms with E-state index < -0.39 is 0 Å². The van der Waals surface area contributed by atoms with Gasteiger partial charge in [0.05, 0.1) is 18.3 Å². The second-order valence-electron chi connectivity index (χ2n) is 7.42. The molecule has 0 aliphatic carbocycles. The lowest BCUT2D eigenvalue weighted by atomic mass is 10.2. The Morgan fingerprint density at radius 2 is 2.29 bits per heavy atom. The van der Waals surface area contributed by atoms with Gasteiger partial charge in [0, 0.05) is 42.9 Å². The van der Waals surface area contributed by atoms with E-state index in [9.17, 15) is 9.59 Å². The molecule has 1 aromatic carbocycles. The van der Waals surface area contributed by atoms with E-state index >= 15 is 0 Å². The fourth-order valence-electron chi connectivity index (χ4n) is 3.72. The van der Waals surface area contributed by atoms with Crippen LogP contribution in [0.1, 0.15) is 36.7 Å². The van der Waals surface area contributed by atoms with Crippen molar-refractivity contribution in [2.24, 2.45) is 5.73 Å². The predicted octanol–water partition coefficient (Wildman–Crippen LogP) is 1.87. The molecule has 4 rings (SSSR count). The van der Waals surface area contributed by atoms with E-state index in [2.05, 4.69) is 10.4 Å². The molecule has 8 nitrogen and oxygen atoms in total. The number of likely N-dealkylation sites (tertiary alicyclic amines) is 1. The van der Waals surface area contributed by atoms with Crippen LogP contribution in [-0.2, 0) is 11.3 Å². The van der Waals surface area contributed by atoms with Gasteiger partial charge in [-0.05, 0) is 38.0 Å². The number of furan rings is 1. The standard InChI is InChI=1S/C20H25N5O3/c1-13(21)12-25-19-14(11-23-25)5-6-16-15(19)10-17(28-16)20(27)22-7-3-9-24-8-2-4-18(24)26/h5-6,10-11,13H,2-4,7-9,12,21H2,1H3,(H,22,27)/t13-/m0/s1. The van der Waals surface area contributed by atoms with Gasteiger partial charge >= 0.3 is 0 Å². The summed E-state index contributed by atoms with van der Waals surface area (Å²) in [6, 6.07) is 5.51. The average molecular weight is 383 g/mol. The van der Waals surface area contributed by atoms with Crippen LogP contribution in [0, 0.1) is 0 Å². The summed E-state index contributed by atoms with van der Waals surface area (Å²) in [6.45, 7) is 4.51. The van der Waals surface area contributed by atoms with Gasteiger partial charge in [0.15, 0.2) is 5.76 Å². The molecule has 28 heavy (non-hydrogen) atoms. The first kappa shape index (κ1) is 18.5. The van der Waals surface area contributed by atoms with Crippen LogP contribution < -0.4 is 11.1 Å². The Labute approximate surface area is 162 Å². The van der Waals surface area contributed by atoms with Crippen LogP contribution in [0.5, 0.6) is 0 Å². The minimum absolute atomic E-state index is 0.0319. The first-order valence-electron chi connectivity index (χ1n) is 9.72. The van der Waals surface area contributed by atoms with Crippen molar-refractivity contribution in [2.75, 3.05) is 19.6 Å². The van der Waals surface area contributed by atoms with Crippen molar-refractivity contribution >= 4 is 33.7 Å². The van der Waals surface area contributed by atoms with E-state index in [0.29, 0.717) is 31.6 Å². The zero-order chi connectivity index (χ0) is 19.7. The fraction of sp³-hybridized carbons (Fsp3) is 0.450. The molecule has 0 saturated carbocycles. The maximum atomic E-state index is 12.5. The molecule has 148 valence electrons. The number of nitrogens with zero attached hydrogens (tertiary/aromatic N) is 3. The number of carbonyl (C=O) groups excluding carboxylic acids is 2. The maximum Gasteiger partial charge on any atom is 0.287 e. The summed E-state index contributed by atoms with van der Waals surface area (Å²) in [4.78, 5) is 25.9. The highest BCUT2D eigenvalue weighted by Gasteiger charge is 2.20. The third-order valence-corrected chi connectivity index (χ3v) is 5.04. The average Bonchev–Trinajstić information content (AvgIpc) is 3.36. The van der Waals surface area contributed by atoms with Gasteiger partial charge in [-0.3, -0.25) is 14.3 Å². The van der Waals surface area contributed by atoms with Crippen LogP contribution in [0.2, 0.25) is 0 Å². The lowest BCUT2D eigenvalue weighted by Gasteiger charge is -2.14. The Morgan fingerprint density at radius 1 is 1.43 bits per heavy atom. The summed E-state index contributed by atoms with van der Waals surface area (Å²) in [6.07, 6.45) is 4.09. The van der Waals surface area contributed by atoms with Crippen LogP contribution >= 0.6 is 0 Å². The van der Waals surface area contributed by atoms with E-state index in [1.807, 2.05) is 28.6 Å². The molecule has 3 heterocycles. The zero-order valence-electron chi connectivity index (χ0n) is 16.0. The molecule has 8 heteroatoms. The summed E-state index contributed by atoms with van der Waals surface area (Å²) in [5.41, 5.74) is 7.49. The third kappa shape index (κ3) is 3.60. The van der Waals surface area contributed by atoms with Gasteiger partial charge in [0.2, 0.25) is 5.91 Å². The molecule has 1 atom stereocenters. The summed E-state index contributed by atoms with van der Waals surface area (Å²) >= 11 is 0. The molecule has 1 aliphatic rings. The van der Waals surface area contributed by atoms with Crippen LogP contribution in [0.25, 0.3) is 21.9 Å². The molecular formula is C20H25N5O3. The number of fused-ring (bicyclic) bond motifs is 3. The van der Waals surface area contributed by atoms with Crippen LogP contribution in [-0.4, -0.2) is 52.2 Å². The maximum absolute atomic E-state index is 12.5. The predicted molar refractivity (Wildman–Crippen MR) is 106 cm³/mol. The first-order valence-corrected chi connectivity index (χ1v) is 9.72. The number of amides is 2. The van der Waals surface area contributed by atoms with Crippen molar-refractivity contribution in [3.63, 3.8) is 0 Å². The number of hydrogen-bond donors (Lipinski definition) is 2. The topological polar surface area (TPSA) is 106 Å². The van der Waals surface area contributed by atoms with Gasteiger partial charge < -0.3 is 20.4 Å². The second-order valence-corrected chi connectivity index (χ2v) is 7.42. The van der Waals surface area contributed by atoms with E-state index in [0.717, 1.165) is 35.7 Å². The molecule has 0 spiro atoms. The molecule has 1 fully saturated rings. The summed E-state index contributed by atoms with van der Waals surface area (Å²) in [5.74, 6) is 0.222.